The zero-order chi connectivity index (χ0) is 22.8. The molecule has 10 heteroatoms. The van der Waals surface area contributed by atoms with Gasteiger partial charge in [0.15, 0.2) is 6.61 Å². The summed E-state index contributed by atoms with van der Waals surface area (Å²) in [5, 5.41) is 9.33. The van der Waals surface area contributed by atoms with Crippen LogP contribution in [-0.2, 0) is 4.79 Å². The van der Waals surface area contributed by atoms with E-state index >= 15 is 0 Å². The standard InChI is InChI=1S/C23H26N8O2/c1-15-12-25-23(27-17-4-6-20(24-13-17)31-9-7-30(2)8-10-31)29-22(15)26-16-3-5-19-18(11-16)28-21(32)14-33-19/h3-6,11-13H,7-10,14H2,1-2H3,(H,28,32)(H2,25,26,27,29). The molecule has 3 aromatic rings. The number of likely N-dealkylation sites (N-methyl/N-ethyl adjacent to an activating group) is 1. The number of fused-ring (bicyclic) bond motifs is 1. The van der Waals surface area contributed by atoms with Crippen LogP contribution in [0.4, 0.5) is 34.6 Å². The number of aromatic nitrogens is 3. The molecule has 170 valence electrons. The van der Waals surface area contributed by atoms with Crippen molar-refractivity contribution in [3.8, 4) is 5.75 Å². The molecule has 2 aliphatic heterocycles. The third-order valence-electron chi connectivity index (χ3n) is 5.68. The molecule has 0 atom stereocenters. The Morgan fingerprint density at radius 1 is 1.00 bits per heavy atom. The van der Waals surface area contributed by atoms with E-state index in [0.717, 1.165) is 48.9 Å². The molecule has 1 amide bonds. The summed E-state index contributed by atoms with van der Waals surface area (Å²) in [5.41, 5.74) is 3.12. The molecule has 0 bridgehead atoms. The molecule has 5 rings (SSSR count). The van der Waals surface area contributed by atoms with E-state index in [9.17, 15) is 4.79 Å². The molecule has 10 nitrogen and oxygen atoms in total. The number of aryl methyl sites for hydroxylation is 1. The van der Waals surface area contributed by atoms with Gasteiger partial charge in [0, 0.05) is 43.6 Å². The molecule has 0 unspecified atom stereocenters. The van der Waals surface area contributed by atoms with Gasteiger partial charge in [-0.15, -0.1) is 0 Å². The minimum atomic E-state index is -0.170. The first-order valence-electron chi connectivity index (χ1n) is 10.9. The highest BCUT2D eigenvalue weighted by Gasteiger charge is 2.17. The molecule has 0 spiro atoms. The van der Waals surface area contributed by atoms with E-state index in [2.05, 4.69) is 47.7 Å². The lowest BCUT2D eigenvalue weighted by Gasteiger charge is -2.33. The molecule has 2 aromatic heterocycles. The van der Waals surface area contributed by atoms with Gasteiger partial charge >= 0.3 is 0 Å². The van der Waals surface area contributed by atoms with Gasteiger partial charge in [-0.1, -0.05) is 0 Å². The monoisotopic (exact) mass is 446 g/mol. The van der Waals surface area contributed by atoms with E-state index in [4.69, 9.17) is 4.74 Å². The van der Waals surface area contributed by atoms with Crippen molar-refractivity contribution in [2.24, 2.45) is 0 Å². The van der Waals surface area contributed by atoms with Crippen LogP contribution in [0.5, 0.6) is 5.75 Å². The van der Waals surface area contributed by atoms with Gasteiger partial charge in [-0.25, -0.2) is 9.97 Å². The van der Waals surface area contributed by atoms with Crippen LogP contribution >= 0.6 is 0 Å². The van der Waals surface area contributed by atoms with Gasteiger partial charge in [0.05, 0.1) is 17.6 Å². The zero-order valence-corrected chi connectivity index (χ0v) is 18.6. The minimum absolute atomic E-state index is 0.0328. The number of hydrogen-bond donors (Lipinski definition) is 3. The molecule has 2 aliphatic rings. The maximum Gasteiger partial charge on any atom is 0.262 e. The third-order valence-corrected chi connectivity index (χ3v) is 5.68. The number of amides is 1. The summed E-state index contributed by atoms with van der Waals surface area (Å²) in [6.07, 6.45) is 3.56. The molecule has 0 radical (unpaired) electrons. The highest BCUT2D eigenvalue weighted by molar-refractivity contribution is 5.96. The summed E-state index contributed by atoms with van der Waals surface area (Å²) >= 11 is 0. The Bertz CT molecular complexity index is 1160. The Morgan fingerprint density at radius 3 is 2.61 bits per heavy atom. The Kier molecular flexibility index (Phi) is 5.66. The fourth-order valence-corrected chi connectivity index (χ4v) is 3.74. The summed E-state index contributed by atoms with van der Waals surface area (Å²) in [6.45, 7) is 6.00. The second-order valence-corrected chi connectivity index (χ2v) is 8.22. The predicted octanol–water partition coefficient (Wildman–Crippen LogP) is 2.75. The largest absolute Gasteiger partial charge is 0.482 e. The van der Waals surface area contributed by atoms with Gasteiger partial charge in [0.1, 0.15) is 17.4 Å². The minimum Gasteiger partial charge on any atom is -0.482 e. The SMILES string of the molecule is Cc1cnc(Nc2ccc(N3CCN(C)CC3)nc2)nc1Nc1ccc2c(c1)NC(=O)CO2. The van der Waals surface area contributed by atoms with Crippen LogP contribution in [0.3, 0.4) is 0 Å². The van der Waals surface area contributed by atoms with Crippen molar-refractivity contribution < 1.29 is 9.53 Å². The number of nitrogens with one attached hydrogen (secondary N) is 3. The third kappa shape index (κ3) is 4.80. The smallest absolute Gasteiger partial charge is 0.262 e. The van der Waals surface area contributed by atoms with E-state index in [1.54, 1.807) is 12.4 Å². The number of benzene rings is 1. The first-order chi connectivity index (χ1) is 16.0. The van der Waals surface area contributed by atoms with Crippen LogP contribution in [0, 0.1) is 6.92 Å². The molecule has 4 heterocycles. The topological polar surface area (TPSA) is 108 Å². The summed E-state index contributed by atoms with van der Waals surface area (Å²) in [7, 11) is 2.14. The number of nitrogens with zero attached hydrogens (tertiary/aromatic N) is 5. The van der Waals surface area contributed by atoms with Crippen LogP contribution in [0.15, 0.2) is 42.7 Å². The molecule has 33 heavy (non-hydrogen) atoms. The number of carbonyl (C=O) groups is 1. The molecule has 1 saturated heterocycles. The molecular formula is C23H26N8O2. The van der Waals surface area contributed by atoms with Crippen molar-refractivity contribution in [3.63, 3.8) is 0 Å². The fraction of sp³-hybridized carbons (Fsp3) is 0.304. The quantitative estimate of drug-likeness (QED) is 0.545. The fourth-order valence-electron chi connectivity index (χ4n) is 3.74. The first-order valence-corrected chi connectivity index (χ1v) is 10.9. The lowest BCUT2D eigenvalue weighted by Crippen LogP contribution is -2.44. The number of carbonyl (C=O) groups excluding carboxylic acids is 1. The molecule has 0 saturated carbocycles. The lowest BCUT2D eigenvalue weighted by molar-refractivity contribution is -0.118. The van der Waals surface area contributed by atoms with Gasteiger partial charge in [-0.05, 0) is 44.3 Å². The van der Waals surface area contributed by atoms with Crippen molar-refractivity contribution in [2.45, 2.75) is 6.92 Å². The van der Waals surface area contributed by atoms with E-state index < -0.39 is 0 Å². The van der Waals surface area contributed by atoms with Crippen molar-refractivity contribution in [1.82, 2.24) is 19.9 Å². The van der Waals surface area contributed by atoms with Gasteiger partial charge in [0.2, 0.25) is 5.95 Å². The van der Waals surface area contributed by atoms with Gasteiger partial charge < -0.3 is 30.5 Å². The molecule has 0 aliphatic carbocycles. The second kappa shape index (κ2) is 8.91. The molecule has 1 fully saturated rings. The summed E-state index contributed by atoms with van der Waals surface area (Å²) in [5.74, 6) is 2.58. The maximum absolute atomic E-state index is 11.6. The Labute approximate surface area is 192 Å². The van der Waals surface area contributed by atoms with E-state index in [0.29, 0.717) is 23.2 Å². The Balaban J connectivity index is 1.28. The first kappa shape index (κ1) is 21.0. The number of pyridine rings is 1. The second-order valence-electron chi connectivity index (χ2n) is 8.22. The van der Waals surface area contributed by atoms with Crippen LogP contribution in [-0.4, -0.2) is 65.6 Å². The molecule has 3 N–H and O–H groups in total. The van der Waals surface area contributed by atoms with Gasteiger partial charge in [0.25, 0.3) is 5.91 Å². The van der Waals surface area contributed by atoms with Crippen LogP contribution in [0.2, 0.25) is 0 Å². The van der Waals surface area contributed by atoms with Gasteiger partial charge in [-0.3, -0.25) is 4.79 Å². The van der Waals surface area contributed by atoms with Gasteiger partial charge in [-0.2, -0.15) is 4.98 Å². The van der Waals surface area contributed by atoms with Crippen LogP contribution in [0.25, 0.3) is 0 Å². The average molecular weight is 447 g/mol. The Morgan fingerprint density at radius 2 is 1.82 bits per heavy atom. The molecular weight excluding hydrogens is 420 g/mol. The van der Waals surface area contributed by atoms with Crippen molar-refractivity contribution in [1.29, 1.82) is 0 Å². The van der Waals surface area contributed by atoms with Crippen molar-refractivity contribution >= 4 is 40.6 Å². The van der Waals surface area contributed by atoms with Crippen molar-refractivity contribution in [3.05, 3.63) is 48.3 Å². The zero-order valence-electron chi connectivity index (χ0n) is 18.6. The van der Waals surface area contributed by atoms with Crippen LogP contribution in [0.1, 0.15) is 5.56 Å². The van der Waals surface area contributed by atoms with E-state index in [1.165, 1.54) is 0 Å². The molecule has 1 aromatic carbocycles. The average Bonchev–Trinajstić information content (AvgIpc) is 2.82. The number of rotatable bonds is 5. The lowest BCUT2D eigenvalue weighted by atomic mass is 10.2. The van der Waals surface area contributed by atoms with Crippen LogP contribution < -0.4 is 25.6 Å². The summed E-state index contributed by atoms with van der Waals surface area (Å²) < 4.78 is 5.42. The van der Waals surface area contributed by atoms with E-state index in [1.807, 2.05) is 37.3 Å². The number of piperazine rings is 1. The summed E-state index contributed by atoms with van der Waals surface area (Å²) in [6, 6.07) is 9.53. The van der Waals surface area contributed by atoms with Crippen molar-refractivity contribution in [2.75, 3.05) is 60.7 Å². The highest BCUT2D eigenvalue weighted by Crippen LogP contribution is 2.32. The highest BCUT2D eigenvalue weighted by atomic mass is 16.5. The Hall–Kier alpha value is -3.92. The number of ether oxygens (including phenoxy) is 1. The predicted molar refractivity (Wildman–Crippen MR) is 128 cm³/mol. The summed E-state index contributed by atoms with van der Waals surface area (Å²) in [4.78, 5) is 29.8. The number of hydrogen-bond acceptors (Lipinski definition) is 9. The number of anilines is 6. The van der Waals surface area contributed by atoms with E-state index in [-0.39, 0.29) is 12.5 Å². The maximum atomic E-state index is 11.6. The normalized spacial score (nSPS) is 15.9.